The molecule has 10 heteroatoms. The van der Waals surface area contributed by atoms with Gasteiger partial charge in [-0.25, -0.2) is 4.68 Å². The maximum absolute atomic E-state index is 13.5. The minimum atomic E-state index is -0.680. The Labute approximate surface area is 211 Å². The lowest BCUT2D eigenvalue weighted by atomic mass is 9.95. The van der Waals surface area contributed by atoms with Crippen molar-refractivity contribution in [2.45, 2.75) is 13.0 Å². The number of carbonyl (C=O) groups excluding carboxylic acids is 1. The molecule has 176 valence electrons. The molecule has 2 aromatic heterocycles. The van der Waals surface area contributed by atoms with Crippen LogP contribution in [0.4, 0.5) is 11.6 Å². The Morgan fingerprint density at radius 1 is 1.14 bits per heavy atom. The molecule has 0 aliphatic carbocycles. The monoisotopic (exact) mass is 506 g/mol. The summed E-state index contributed by atoms with van der Waals surface area (Å²) < 4.78 is 6.99. The Kier molecular flexibility index (Phi) is 6.15. The molecule has 0 fully saturated rings. The Hall–Kier alpha value is -3.88. The van der Waals surface area contributed by atoms with Gasteiger partial charge in [0.25, 0.3) is 5.91 Å². The van der Waals surface area contributed by atoms with Crippen LogP contribution in [0, 0.1) is 0 Å². The summed E-state index contributed by atoms with van der Waals surface area (Å²) in [4.78, 5) is 22.3. The zero-order valence-corrected chi connectivity index (χ0v) is 20.3. The highest BCUT2D eigenvalue weighted by Gasteiger charge is 2.36. The molecule has 35 heavy (non-hydrogen) atoms. The van der Waals surface area contributed by atoms with E-state index in [9.17, 15) is 4.79 Å². The molecular formula is C25H20Cl2N6O2. The summed E-state index contributed by atoms with van der Waals surface area (Å²) in [5, 5.41) is 11.6. The number of fused-ring (bicyclic) bond motifs is 1. The number of carbonyl (C=O) groups is 1. The van der Waals surface area contributed by atoms with Crippen molar-refractivity contribution in [3.8, 4) is 17.1 Å². The summed E-state index contributed by atoms with van der Waals surface area (Å²) in [6.45, 7) is 1.81. The van der Waals surface area contributed by atoms with Gasteiger partial charge in [-0.15, -0.1) is 5.10 Å². The molecular weight excluding hydrogens is 487 g/mol. The second-order valence-electron chi connectivity index (χ2n) is 7.84. The number of benzene rings is 2. The zero-order valence-electron chi connectivity index (χ0n) is 18.8. The normalized spacial score (nSPS) is 14.8. The quantitative estimate of drug-likeness (QED) is 0.366. The van der Waals surface area contributed by atoms with Gasteiger partial charge < -0.3 is 15.4 Å². The van der Waals surface area contributed by atoms with Crippen molar-refractivity contribution in [3.05, 3.63) is 93.9 Å². The first kappa shape index (κ1) is 22.9. The van der Waals surface area contributed by atoms with E-state index in [0.717, 1.165) is 5.56 Å². The number of nitrogens with one attached hydrogen (secondary N) is 2. The summed E-state index contributed by atoms with van der Waals surface area (Å²) in [6, 6.07) is 15.6. The first-order valence-corrected chi connectivity index (χ1v) is 11.5. The fraction of sp³-hybridized carbons (Fsp3) is 0.120. The lowest BCUT2D eigenvalue weighted by molar-refractivity contribution is -0.113. The number of aromatic nitrogens is 4. The Balaban J connectivity index is 1.64. The highest BCUT2D eigenvalue weighted by Crippen LogP contribution is 2.41. The number of anilines is 2. The number of pyridine rings is 1. The van der Waals surface area contributed by atoms with Gasteiger partial charge in [0, 0.05) is 23.0 Å². The maximum atomic E-state index is 13.5. The predicted molar refractivity (Wildman–Crippen MR) is 136 cm³/mol. The first-order valence-electron chi connectivity index (χ1n) is 10.7. The van der Waals surface area contributed by atoms with Crippen molar-refractivity contribution in [3.63, 3.8) is 0 Å². The van der Waals surface area contributed by atoms with Crippen LogP contribution < -0.4 is 15.4 Å². The van der Waals surface area contributed by atoms with Crippen molar-refractivity contribution in [1.82, 2.24) is 19.7 Å². The minimum absolute atomic E-state index is 0.326. The van der Waals surface area contributed by atoms with Gasteiger partial charge in [0.1, 0.15) is 11.8 Å². The number of halogens is 2. The lowest BCUT2D eigenvalue weighted by Gasteiger charge is -2.29. The Morgan fingerprint density at radius 3 is 2.74 bits per heavy atom. The number of hydrogen-bond acceptors (Lipinski definition) is 6. The van der Waals surface area contributed by atoms with Gasteiger partial charge in [-0.2, -0.15) is 4.98 Å². The molecule has 0 radical (unpaired) electrons. The fourth-order valence-corrected chi connectivity index (χ4v) is 4.40. The van der Waals surface area contributed by atoms with Crippen LogP contribution in [0.25, 0.3) is 11.4 Å². The van der Waals surface area contributed by atoms with Gasteiger partial charge >= 0.3 is 0 Å². The van der Waals surface area contributed by atoms with E-state index in [4.69, 9.17) is 33.0 Å². The van der Waals surface area contributed by atoms with E-state index in [1.807, 2.05) is 37.3 Å². The summed E-state index contributed by atoms with van der Waals surface area (Å²) in [6.07, 6.45) is 3.21. The van der Waals surface area contributed by atoms with Crippen molar-refractivity contribution in [2.75, 3.05) is 17.7 Å². The third kappa shape index (κ3) is 4.34. The standard InChI is InChI=1S/C25H20Cl2N6O2/c1-14-20(24(34)30-16-7-5-11-28-13-16)22(18-9-4-10-19(26)21(18)27)33-25(29-14)31-23(32-33)15-6-3-8-17(12-15)35-2/h3-13,22H,1-2H3,(H,30,34)(H,29,31,32). The van der Waals surface area contributed by atoms with Crippen LogP contribution in [-0.4, -0.2) is 32.8 Å². The molecule has 0 spiro atoms. The second-order valence-corrected chi connectivity index (χ2v) is 8.63. The van der Waals surface area contributed by atoms with Crippen LogP contribution >= 0.6 is 23.2 Å². The predicted octanol–water partition coefficient (Wildman–Crippen LogP) is 5.58. The molecule has 0 saturated carbocycles. The lowest BCUT2D eigenvalue weighted by Crippen LogP contribution is -2.31. The van der Waals surface area contributed by atoms with Crippen LogP contribution in [0.3, 0.4) is 0 Å². The van der Waals surface area contributed by atoms with Crippen molar-refractivity contribution in [2.24, 2.45) is 0 Å². The largest absolute Gasteiger partial charge is 0.497 e. The summed E-state index contributed by atoms with van der Waals surface area (Å²) >= 11 is 13.0. The van der Waals surface area contributed by atoms with E-state index >= 15 is 0 Å². The van der Waals surface area contributed by atoms with Gasteiger partial charge in [0.15, 0.2) is 5.82 Å². The molecule has 4 aromatic rings. The number of rotatable bonds is 5. The molecule has 5 rings (SSSR count). The maximum Gasteiger partial charge on any atom is 0.255 e. The molecule has 1 amide bonds. The van der Waals surface area contributed by atoms with E-state index in [2.05, 4.69) is 20.6 Å². The second kappa shape index (κ2) is 9.40. The molecule has 0 bridgehead atoms. The number of hydrogen-bond donors (Lipinski definition) is 2. The summed E-state index contributed by atoms with van der Waals surface area (Å²) in [5.74, 6) is 1.30. The average Bonchev–Trinajstić information content (AvgIpc) is 3.29. The summed E-state index contributed by atoms with van der Waals surface area (Å²) in [7, 11) is 1.60. The van der Waals surface area contributed by atoms with Crippen LogP contribution in [0.1, 0.15) is 18.5 Å². The first-order chi connectivity index (χ1) is 17.0. The Bertz CT molecular complexity index is 1450. The Morgan fingerprint density at radius 2 is 1.97 bits per heavy atom. The molecule has 8 nitrogen and oxygen atoms in total. The molecule has 1 unspecified atom stereocenters. The molecule has 2 N–H and O–H groups in total. The number of methoxy groups -OCH3 is 1. The average molecular weight is 507 g/mol. The van der Waals surface area contributed by atoms with Crippen LogP contribution in [0.15, 0.2) is 78.3 Å². The number of nitrogens with zero attached hydrogens (tertiary/aromatic N) is 4. The van der Waals surface area contributed by atoms with Crippen molar-refractivity contribution in [1.29, 1.82) is 0 Å². The number of allylic oxidation sites excluding steroid dienone is 1. The van der Waals surface area contributed by atoms with E-state index in [1.54, 1.807) is 48.5 Å². The van der Waals surface area contributed by atoms with Gasteiger partial charge in [0.05, 0.1) is 34.6 Å². The highest BCUT2D eigenvalue weighted by atomic mass is 35.5. The van der Waals surface area contributed by atoms with Crippen LogP contribution in [0.2, 0.25) is 10.0 Å². The molecule has 1 atom stereocenters. The topological polar surface area (TPSA) is 94.0 Å². The number of amides is 1. The van der Waals surface area contributed by atoms with Gasteiger partial charge in [-0.1, -0.05) is 47.5 Å². The zero-order chi connectivity index (χ0) is 24.5. The smallest absolute Gasteiger partial charge is 0.255 e. The summed E-state index contributed by atoms with van der Waals surface area (Å²) in [5.41, 5.74) is 3.00. The van der Waals surface area contributed by atoms with E-state index in [-0.39, 0.29) is 5.91 Å². The fourth-order valence-electron chi connectivity index (χ4n) is 3.98. The molecule has 2 aromatic carbocycles. The van der Waals surface area contributed by atoms with Gasteiger partial charge in [-0.05, 0) is 37.3 Å². The third-order valence-electron chi connectivity index (χ3n) is 5.62. The van der Waals surface area contributed by atoms with Crippen LogP contribution in [0.5, 0.6) is 5.75 Å². The van der Waals surface area contributed by atoms with Crippen LogP contribution in [-0.2, 0) is 4.79 Å². The van der Waals surface area contributed by atoms with Gasteiger partial charge in [-0.3, -0.25) is 9.78 Å². The van der Waals surface area contributed by atoms with E-state index in [0.29, 0.717) is 50.1 Å². The SMILES string of the molecule is COc1cccc(-c2nc3n(n2)C(c2cccc(Cl)c2Cl)C(C(=O)Nc2cccnc2)=C(C)N3)c1. The van der Waals surface area contributed by atoms with E-state index < -0.39 is 6.04 Å². The highest BCUT2D eigenvalue weighted by molar-refractivity contribution is 6.42. The molecule has 1 aliphatic rings. The van der Waals surface area contributed by atoms with Gasteiger partial charge in [0.2, 0.25) is 5.95 Å². The third-order valence-corrected chi connectivity index (χ3v) is 6.45. The molecule has 3 heterocycles. The minimum Gasteiger partial charge on any atom is -0.497 e. The van der Waals surface area contributed by atoms with Crippen molar-refractivity contribution >= 4 is 40.7 Å². The molecule has 0 saturated heterocycles. The molecule has 1 aliphatic heterocycles. The van der Waals surface area contributed by atoms with E-state index in [1.165, 1.54) is 0 Å². The van der Waals surface area contributed by atoms with Crippen molar-refractivity contribution < 1.29 is 9.53 Å². The number of ether oxygens (including phenoxy) is 1.